The van der Waals surface area contributed by atoms with Gasteiger partial charge in [-0.3, -0.25) is 18.7 Å². The zero-order chi connectivity index (χ0) is 22.0. The Hall–Kier alpha value is -3.85. The number of para-hydroxylation sites is 1. The SMILES string of the molecule is O=C(Cn1c(=O)n(Cc2ccccc2Cl)c(=O)c2nccnc21)Nc1ccccc1F. The predicted molar refractivity (Wildman–Crippen MR) is 114 cm³/mol. The Morgan fingerprint density at radius 1 is 1.00 bits per heavy atom. The van der Waals surface area contributed by atoms with Gasteiger partial charge in [0.25, 0.3) is 5.56 Å². The Bertz CT molecular complexity index is 1420. The largest absolute Gasteiger partial charge is 0.333 e. The molecule has 0 unspecified atom stereocenters. The molecular formula is C21H15ClFN5O3. The Labute approximate surface area is 179 Å². The van der Waals surface area contributed by atoms with E-state index in [1.54, 1.807) is 30.3 Å². The van der Waals surface area contributed by atoms with Crippen LogP contribution >= 0.6 is 11.6 Å². The van der Waals surface area contributed by atoms with Gasteiger partial charge in [0.2, 0.25) is 5.91 Å². The zero-order valence-electron chi connectivity index (χ0n) is 16.0. The molecule has 2 aromatic heterocycles. The van der Waals surface area contributed by atoms with Gasteiger partial charge in [-0.25, -0.2) is 19.2 Å². The second-order valence-corrected chi connectivity index (χ2v) is 7.02. The number of carbonyl (C=O) groups excluding carboxylic acids is 1. The summed E-state index contributed by atoms with van der Waals surface area (Å²) in [5, 5.41) is 2.80. The summed E-state index contributed by atoms with van der Waals surface area (Å²) >= 11 is 6.17. The highest BCUT2D eigenvalue weighted by atomic mass is 35.5. The lowest BCUT2D eigenvalue weighted by atomic mass is 10.2. The van der Waals surface area contributed by atoms with E-state index in [1.807, 2.05) is 0 Å². The van der Waals surface area contributed by atoms with Crippen molar-refractivity contribution in [3.63, 3.8) is 0 Å². The molecule has 0 fully saturated rings. The van der Waals surface area contributed by atoms with Gasteiger partial charge in [0.1, 0.15) is 12.4 Å². The van der Waals surface area contributed by atoms with E-state index >= 15 is 0 Å². The van der Waals surface area contributed by atoms with Gasteiger partial charge in [-0.1, -0.05) is 41.9 Å². The molecular weight excluding hydrogens is 425 g/mol. The highest BCUT2D eigenvalue weighted by molar-refractivity contribution is 6.31. The van der Waals surface area contributed by atoms with Gasteiger partial charge in [-0.05, 0) is 23.8 Å². The molecule has 0 spiro atoms. The molecule has 156 valence electrons. The van der Waals surface area contributed by atoms with Crippen LogP contribution in [0.3, 0.4) is 0 Å². The van der Waals surface area contributed by atoms with Gasteiger partial charge in [0, 0.05) is 17.4 Å². The summed E-state index contributed by atoms with van der Waals surface area (Å²) in [5.74, 6) is -1.28. The van der Waals surface area contributed by atoms with Crippen molar-refractivity contribution >= 4 is 34.4 Å². The molecule has 0 atom stereocenters. The van der Waals surface area contributed by atoms with E-state index in [2.05, 4.69) is 15.3 Å². The minimum Gasteiger partial charge on any atom is -0.322 e. The smallest absolute Gasteiger partial charge is 0.322 e. The summed E-state index contributed by atoms with van der Waals surface area (Å²) < 4.78 is 15.8. The third-order valence-corrected chi connectivity index (χ3v) is 4.95. The van der Waals surface area contributed by atoms with Gasteiger partial charge in [-0.2, -0.15) is 0 Å². The third kappa shape index (κ3) is 4.08. The van der Waals surface area contributed by atoms with E-state index in [0.29, 0.717) is 10.6 Å². The van der Waals surface area contributed by atoms with E-state index in [0.717, 1.165) is 9.13 Å². The molecule has 0 bridgehead atoms. The number of halogens is 2. The van der Waals surface area contributed by atoms with Crippen LogP contribution < -0.4 is 16.6 Å². The molecule has 0 saturated heterocycles. The topological polar surface area (TPSA) is 98.9 Å². The molecule has 0 aliphatic carbocycles. The monoisotopic (exact) mass is 439 g/mol. The normalized spacial score (nSPS) is 10.9. The number of nitrogens with one attached hydrogen (secondary N) is 1. The van der Waals surface area contributed by atoms with Gasteiger partial charge in [0.15, 0.2) is 11.2 Å². The van der Waals surface area contributed by atoms with Crippen LogP contribution in [-0.2, 0) is 17.9 Å². The number of aromatic nitrogens is 4. The van der Waals surface area contributed by atoms with Crippen LogP contribution in [0.1, 0.15) is 5.56 Å². The average Bonchev–Trinajstić information content (AvgIpc) is 2.77. The fourth-order valence-electron chi connectivity index (χ4n) is 3.10. The summed E-state index contributed by atoms with van der Waals surface area (Å²) in [6.45, 7) is -0.607. The molecule has 2 heterocycles. The number of fused-ring (bicyclic) bond motifs is 1. The van der Waals surface area contributed by atoms with Crippen molar-refractivity contribution in [1.82, 2.24) is 19.1 Å². The fraction of sp³-hybridized carbons (Fsp3) is 0.0952. The molecule has 4 aromatic rings. The summed E-state index contributed by atoms with van der Waals surface area (Å²) in [6.07, 6.45) is 2.63. The number of hydrogen-bond donors (Lipinski definition) is 1. The van der Waals surface area contributed by atoms with E-state index in [9.17, 15) is 18.8 Å². The van der Waals surface area contributed by atoms with Crippen molar-refractivity contribution in [2.24, 2.45) is 0 Å². The number of hydrogen-bond acceptors (Lipinski definition) is 5. The first-order chi connectivity index (χ1) is 15.0. The van der Waals surface area contributed by atoms with E-state index in [4.69, 9.17) is 11.6 Å². The number of nitrogens with zero attached hydrogens (tertiary/aromatic N) is 4. The predicted octanol–water partition coefficient (Wildman–Crippen LogP) is 2.43. The summed E-state index contributed by atoms with van der Waals surface area (Å²) in [7, 11) is 0. The molecule has 10 heteroatoms. The van der Waals surface area contributed by atoms with Gasteiger partial charge < -0.3 is 5.32 Å². The lowest BCUT2D eigenvalue weighted by molar-refractivity contribution is -0.116. The van der Waals surface area contributed by atoms with E-state index < -0.39 is 29.5 Å². The minimum absolute atomic E-state index is 0.0275. The average molecular weight is 440 g/mol. The fourth-order valence-corrected chi connectivity index (χ4v) is 3.30. The number of anilines is 1. The molecule has 31 heavy (non-hydrogen) atoms. The first-order valence-corrected chi connectivity index (χ1v) is 9.55. The molecule has 1 amide bonds. The van der Waals surface area contributed by atoms with E-state index in [1.165, 1.54) is 30.6 Å². The minimum atomic E-state index is -0.762. The van der Waals surface area contributed by atoms with Crippen LogP contribution in [0.2, 0.25) is 5.02 Å². The Morgan fingerprint density at radius 3 is 2.48 bits per heavy atom. The maximum Gasteiger partial charge on any atom is 0.333 e. The highest BCUT2D eigenvalue weighted by Gasteiger charge is 2.18. The standard InChI is InChI=1S/C21H15ClFN5O3/c22-14-6-2-1-5-13(14)11-28-20(30)18-19(25-10-9-24-18)27(21(28)31)12-17(29)26-16-8-4-3-7-15(16)23/h1-10H,11-12H2,(H,26,29). The summed E-state index contributed by atoms with van der Waals surface area (Å²) in [5.41, 5.74) is -1.01. The second kappa shape index (κ2) is 8.49. The maximum absolute atomic E-state index is 13.9. The third-order valence-electron chi connectivity index (χ3n) is 4.58. The number of rotatable bonds is 5. The van der Waals surface area contributed by atoms with Crippen molar-refractivity contribution in [3.8, 4) is 0 Å². The van der Waals surface area contributed by atoms with Crippen LogP contribution in [0.15, 0.2) is 70.5 Å². The first kappa shape index (κ1) is 20.4. The van der Waals surface area contributed by atoms with Gasteiger partial charge >= 0.3 is 5.69 Å². The van der Waals surface area contributed by atoms with Crippen LogP contribution in [0.25, 0.3) is 11.2 Å². The van der Waals surface area contributed by atoms with Crippen LogP contribution in [-0.4, -0.2) is 25.0 Å². The maximum atomic E-state index is 13.9. The van der Waals surface area contributed by atoms with E-state index in [-0.39, 0.29) is 23.4 Å². The molecule has 1 N–H and O–H groups in total. The van der Waals surface area contributed by atoms with Crippen molar-refractivity contribution in [2.45, 2.75) is 13.1 Å². The highest BCUT2D eigenvalue weighted by Crippen LogP contribution is 2.16. The lowest BCUT2D eigenvalue weighted by Gasteiger charge is -2.13. The van der Waals surface area contributed by atoms with Gasteiger partial charge in [0.05, 0.1) is 12.2 Å². The number of benzene rings is 2. The molecule has 0 radical (unpaired) electrons. The molecule has 2 aromatic carbocycles. The second-order valence-electron chi connectivity index (χ2n) is 6.61. The van der Waals surface area contributed by atoms with Crippen molar-refractivity contribution < 1.29 is 9.18 Å². The Kier molecular flexibility index (Phi) is 5.59. The first-order valence-electron chi connectivity index (χ1n) is 9.18. The molecule has 0 saturated carbocycles. The Morgan fingerprint density at radius 2 is 1.71 bits per heavy atom. The number of amides is 1. The molecule has 0 aliphatic rings. The van der Waals surface area contributed by atoms with Crippen molar-refractivity contribution in [3.05, 3.63) is 98.2 Å². The lowest BCUT2D eigenvalue weighted by Crippen LogP contribution is -2.42. The molecule has 0 aliphatic heterocycles. The molecule has 8 nitrogen and oxygen atoms in total. The number of carbonyl (C=O) groups is 1. The van der Waals surface area contributed by atoms with Crippen molar-refractivity contribution in [2.75, 3.05) is 5.32 Å². The quantitative estimate of drug-likeness (QED) is 0.515. The van der Waals surface area contributed by atoms with Crippen LogP contribution in [0.4, 0.5) is 10.1 Å². The van der Waals surface area contributed by atoms with Gasteiger partial charge in [-0.15, -0.1) is 0 Å². The Balaban J connectivity index is 1.78. The summed E-state index contributed by atoms with van der Waals surface area (Å²) in [6, 6.07) is 12.4. The van der Waals surface area contributed by atoms with Crippen LogP contribution in [0.5, 0.6) is 0 Å². The summed E-state index contributed by atoms with van der Waals surface area (Å²) in [4.78, 5) is 46.7. The molecule has 4 rings (SSSR count). The van der Waals surface area contributed by atoms with Crippen LogP contribution in [0, 0.1) is 5.82 Å². The zero-order valence-corrected chi connectivity index (χ0v) is 16.7. The van der Waals surface area contributed by atoms with Crippen molar-refractivity contribution in [1.29, 1.82) is 0 Å².